The number of thiophene rings is 1. The highest BCUT2D eigenvalue weighted by atomic mass is 32.1. The number of carbonyl (C=O) groups excluding carboxylic acids is 1. The van der Waals surface area contributed by atoms with E-state index < -0.39 is 5.82 Å². The Morgan fingerprint density at radius 2 is 2.10 bits per heavy atom. The van der Waals surface area contributed by atoms with Gasteiger partial charge in [-0.3, -0.25) is 4.79 Å². The zero-order valence-electron chi connectivity index (χ0n) is 16.4. The minimum Gasteiger partial charge on any atom is -0.363 e. The molecule has 2 heterocycles. The van der Waals surface area contributed by atoms with Gasteiger partial charge < -0.3 is 16.4 Å². The Balaban J connectivity index is 1.87. The van der Waals surface area contributed by atoms with E-state index in [1.807, 2.05) is 29.6 Å². The van der Waals surface area contributed by atoms with Crippen LogP contribution in [0.4, 0.5) is 10.2 Å². The normalized spacial score (nSPS) is 19.4. The maximum absolute atomic E-state index is 15.4. The Morgan fingerprint density at radius 1 is 1.31 bits per heavy atom. The largest absolute Gasteiger partial charge is 0.363 e. The highest BCUT2D eigenvalue weighted by Gasteiger charge is 2.26. The van der Waals surface area contributed by atoms with Crippen molar-refractivity contribution >= 4 is 33.5 Å². The first-order chi connectivity index (χ1) is 14.1. The summed E-state index contributed by atoms with van der Waals surface area (Å²) in [6, 6.07) is 7.91. The quantitative estimate of drug-likeness (QED) is 0.526. The van der Waals surface area contributed by atoms with Crippen LogP contribution in [0.1, 0.15) is 41.6 Å². The first kappa shape index (κ1) is 19.9. The molecule has 4 rings (SSSR count). The van der Waals surface area contributed by atoms with Gasteiger partial charge in [0.1, 0.15) is 0 Å². The second-order valence-corrected chi connectivity index (χ2v) is 8.42. The number of aldehydes is 1. The molecule has 1 aliphatic rings. The number of benzene rings is 1. The van der Waals surface area contributed by atoms with Crippen LogP contribution in [0.5, 0.6) is 0 Å². The van der Waals surface area contributed by atoms with Crippen LogP contribution in [-0.4, -0.2) is 30.4 Å². The number of nitrogens with zero attached hydrogens (tertiary/aromatic N) is 1. The Morgan fingerprint density at radius 3 is 2.86 bits per heavy atom. The van der Waals surface area contributed by atoms with Gasteiger partial charge in [-0.15, -0.1) is 11.3 Å². The summed E-state index contributed by atoms with van der Waals surface area (Å²) in [6.07, 6.45) is 4.66. The summed E-state index contributed by atoms with van der Waals surface area (Å²) in [4.78, 5) is 16.6. The fraction of sp³-hybridized carbons (Fsp3) is 0.364. The van der Waals surface area contributed by atoms with Crippen LogP contribution in [0.2, 0.25) is 0 Å². The van der Waals surface area contributed by atoms with E-state index in [0.717, 1.165) is 41.3 Å². The minimum absolute atomic E-state index is 0.0256. The lowest BCUT2D eigenvalue weighted by molar-refractivity contribution is 0.112. The molecule has 4 N–H and O–H groups in total. The molecule has 5 nitrogen and oxygen atoms in total. The fourth-order valence-corrected chi connectivity index (χ4v) is 5.02. The Kier molecular flexibility index (Phi) is 5.89. The summed E-state index contributed by atoms with van der Waals surface area (Å²) in [6.45, 7) is 0.239. The molecule has 2 atom stereocenters. The Hall–Kier alpha value is -2.35. The number of rotatable bonds is 6. The molecule has 0 radical (unpaired) electrons. The number of nitrogens with two attached hydrogens (primary N) is 1. The van der Waals surface area contributed by atoms with Crippen molar-refractivity contribution in [1.82, 2.24) is 10.3 Å². The van der Waals surface area contributed by atoms with E-state index in [9.17, 15) is 4.79 Å². The molecule has 1 aliphatic carbocycles. The summed E-state index contributed by atoms with van der Waals surface area (Å²) in [5, 5.41) is 9.21. The predicted molar refractivity (Wildman–Crippen MR) is 117 cm³/mol. The maximum Gasteiger partial charge on any atom is 0.170 e. The van der Waals surface area contributed by atoms with Crippen molar-refractivity contribution in [2.75, 3.05) is 12.4 Å². The van der Waals surface area contributed by atoms with Gasteiger partial charge in [0.05, 0.1) is 5.69 Å². The van der Waals surface area contributed by atoms with Crippen LogP contribution in [0, 0.1) is 5.82 Å². The number of hydrogen-bond acceptors (Lipinski definition) is 6. The van der Waals surface area contributed by atoms with Gasteiger partial charge in [0.25, 0.3) is 0 Å². The second kappa shape index (κ2) is 8.57. The maximum atomic E-state index is 15.4. The van der Waals surface area contributed by atoms with Crippen molar-refractivity contribution in [2.24, 2.45) is 5.73 Å². The van der Waals surface area contributed by atoms with E-state index in [4.69, 9.17) is 5.73 Å². The lowest BCUT2D eigenvalue weighted by Crippen LogP contribution is -2.43. The monoisotopic (exact) mass is 412 g/mol. The second-order valence-electron chi connectivity index (χ2n) is 7.51. The van der Waals surface area contributed by atoms with Crippen LogP contribution < -0.4 is 16.4 Å². The number of pyridine rings is 1. The molecule has 0 bridgehead atoms. The molecule has 0 saturated heterocycles. The van der Waals surface area contributed by atoms with Crippen molar-refractivity contribution in [1.29, 1.82) is 0 Å². The topological polar surface area (TPSA) is 80.0 Å². The average Bonchev–Trinajstić information content (AvgIpc) is 3.16. The van der Waals surface area contributed by atoms with Crippen molar-refractivity contribution < 1.29 is 9.18 Å². The van der Waals surface area contributed by atoms with Gasteiger partial charge in [-0.05, 0) is 26.0 Å². The molecule has 0 spiro atoms. The number of nitrogens with one attached hydrogen (secondary N) is 2. The molecular formula is C22H25FN4OS. The molecule has 3 aromatic rings. The van der Waals surface area contributed by atoms with Crippen LogP contribution in [0.25, 0.3) is 21.3 Å². The lowest BCUT2D eigenvalue weighted by Gasteiger charge is -2.30. The van der Waals surface area contributed by atoms with Gasteiger partial charge in [-0.1, -0.05) is 31.0 Å². The van der Waals surface area contributed by atoms with Crippen LogP contribution in [0.15, 0.2) is 29.6 Å². The molecule has 1 fully saturated rings. The van der Waals surface area contributed by atoms with E-state index in [-0.39, 0.29) is 24.4 Å². The number of anilines is 1. The van der Waals surface area contributed by atoms with E-state index >= 15 is 4.39 Å². The molecule has 2 aromatic heterocycles. The summed E-state index contributed by atoms with van der Waals surface area (Å²) in [7, 11) is 1.73. The molecule has 0 amide bonds. The fourth-order valence-electron chi connectivity index (χ4n) is 4.08. The minimum atomic E-state index is -0.484. The number of halogens is 1. The molecule has 1 unspecified atom stereocenters. The number of aromatic nitrogens is 1. The Bertz CT molecular complexity index is 1040. The third-order valence-electron chi connectivity index (χ3n) is 5.63. The van der Waals surface area contributed by atoms with Crippen LogP contribution in [0.3, 0.4) is 0 Å². The highest BCUT2D eigenvalue weighted by Crippen LogP contribution is 2.37. The average molecular weight is 413 g/mol. The lowest BCUT2D eigenvalue weighted by atomic mass is 9.91. The van der Waals surface area contributed by atoms with Gasteiger partial charge >= 0.3 is 0 Å². The van der Waals surface area contributed by atoms with Crippen molar-refractivity contribution in [3.63, 3.8) is 0 Å². The number of hydrogen-bond donors (Lipinski definition) is 3. The molecular weight excluding hydrogens is 387 g/mol. The SMILES string of the molecule is CNCc1c(F)c(NC2CCCC[C@@H]2N)nc(-c2csc3ccccc23)c1C=O. The third-order valence-corrected chi connectivity index (χ3v) is 6.59. The summed E-state index contributed by atoms with van der Waals surface area (Å²) >= 11 is 1.59. The van der Waals surface area contributed by atoms with E-state index in [0.29, 0.717) is 23.1 Å². The Labute approximate surface area is 173 Å². The number of fused-ring (bicyclic) bond motifs is 1. The standard InChI is InChI=1S/C22H25FN4OS/c1-25-10-14-15(11-28)21(16-12-29-19-9-5-2-6-13(16)19)27-22(20(14)23)26-18-8-4-3-7-17(18)24/h2,5-6,9,11-12,17-18,25H,3-4,7-8,10,24H2,1H3,(H,26,27)/t17-,18?/m0/s1. The van der Waals surface area contributed by atoms with Crippen molar-refractivity contribution in [3.8, 4) is 11.3 Å². The highest BCUT2D eigenvalue weighted by molar-refractivity contribution is 7.17. The first-order valence-electron chi connectivity index (χ1n) is 9.95. The molecule has 29 heavy (non-hydrogen) atoms. The van der Waals surface area contributed by atoms with Gasteiger partial charge in [0.2, 0.25) is 0 Å². The zero-order valence-corrected chi connectivity index (χ0v) is 17.2. The van der Waals surface area contributed by atoms with Crippen LogP contribution >= 0.6 is 11.3 Å². The number of carbonyl (C=O) groups is 1. The van der Waals surface area contributed by atoms with Gasteiger partial charge in [-0.25, -0.2) is 9.37 Å². The van der Waals surface area contributed by atoms with Gasteiger partial charge in [-0.2, -0.15) is 0 Å². The van der Waals surface area contributed by atoms with Crippen molar-refractivity contribution in [3.05, 3.63) is 46.6 Å². The molecule has 7 heteroatoms. The van der Waals surface area contributed by atoms with Gasteiger partial charge in [0, 0.05) is 50.8 Å². The first-order valence-corrected chi connectivity index (χ1v) is 10.8. The summed E-state index contributed by atoms with van der Waals surface area (Å²) < 4.78 is 16.5. The summed E-state index contributed by atoms with van der Waals surface area (Å²) in [5.74, 6) is -0.309. The van der Waals surface area contributed by atoms with E-state index in [1.165, 1.54) is 0 Å². The van der Waals surface area contributed by atoms with E-state index in [1.54, 1.807) is 18.4 Å². The van der Waals surface area contributed by atoms with Gasteiger partial charge in [0.15, 0.2) is 17.9 Å². The molecule has 152 valence electrons. The molecule has 0 aliphatic heterocycles. The third kappa shape index (κ3) is 3.77. The summed E-state index contributed by atoms with van der Waals surface area (Å²) in [5.41, 5.74) is 8.23. The zero-order chi connectivity index (χ0) is 20.4. The molecule has 1 aromatic carbocycles. The van der Waals surface area contributed by atoms with Crippen molar-refractivity contribution in [2.45, 2.75) is 44.3 Å². The smallest absolute Gasteiger partial charge is 0.170 e. The predicted octanol–water partition coefficient (Wildman–Crippen LogP) is 4.32. The van der Waals surface area contributed by atoms with Crippen LogP contribution in [-0.2, 0) is 6.54 Å². The van der Waals surface area contributed by atoms with E-state index in [2.05, 4.69) is 15.6 Å². The molecule has 1 saturated carbocycles.